The van der Waals surface area contributed by atoms with Crippen molar-refractivity contribution in [2.75, 3.05) is 18.1 Å². The lowest BCUT2D eigenvalue weighted by Crippen LogP contribution is -2.28. The molecule has 0 amide bonds. The van der Waals surface area contributed by atoms with Crippen LogP contribution in [0.2, 0.25) is 0 Å². The number of aliphatic hydroxyl groups excluding tert-OH is 1. The number of benzene rings is 1. The minimum Gasteiger partial charge on any atom is -0.454 e. The molecule has 3 nitrogen and oxygen atoms in total. The normalized spacial score (nSPS) is 23.9. The maximum atomic E-state index is 12.1. The Morgan fingerprint density at radius 2 is 2.00 bits per heavy atom. The summed E-state index contributed by atoms with van der Waals surface area (Å²) in [5.74, 6) is 1.91. The quantitative estimate of drug-likeness (QED) is 0.684. The first-order chi connectivity index (χ1) is 10.2. The average molecular weight is 322 g/mol. The maximum Gasteiger partial charge on any atom is 0.338 e. The van der Waals surface area contributed by atoms with Crippen LogP contribution in [0.5, 0.6) is 0 Å². The van der Waals surface area contributed by atoms with Gasteiger partial charge in [0.1, 0.15) is 6.10 Å². The Labute approximate surface area is 133 Å². The molecule has 5 heteroatoms. The zero-order valence-corrected chi connectivity index (χ0v) is 13.3. The first kappa shape index (κ1) is 15.0. The molecule has 0 radical (unpaired) electrons. The summed E-state index contributed by atoms with van der Waals surface area (Å²) in [5.41, 5.74) is 1.57. The van der Waals surface area contributed by atoms with E-state index >= 15 is 0 Å². The highest BCUT2D eigenvalue weighted by Gasteiger charge is 2.44. The number of hydrogen-bond acceptors (Lipinski definition) is 5. The monoisotopic (exact) mass is 322 g/mol. The fourth-order valence-corrected chi connectivity index (χ4v) is 6.17. The second-order valence-corrected chi connectivity index (χ2v) is 8.21. The average Bonchev–Trinajstić information content (AvgIpc) is 2.85. The number of thioether (sulfide) groups is 2. The highest BCUT2D eigenvalue weighted by atomic mass is 32.2. The molecule has 1 spiro atoms. The lowest BCUT2D eigenvalue weighted by atomic mass is 10.2. The number of esters is 1. The van der Waals surface area contributed by atoms with Crippen molar-refractivity contribution in [1.82, 2.24) is 0 Å². The third-order valence-electron chi connectivity index (χ3n) is 3.74. The number of aliphatic hydroxyl groups is 1. The van der Waals surface area contributed by atoms with Crippen LogP contribution in [0.15, 0.2) is 42.0 Å². The molecular weight excluding hydrogens is 304 g/mol. The molecule has 1 aromatic carbocycles. The van der Waals surface area contributed by atoms with Crippen molar-refractivity contribution >= 4 is 29.5 Å². The van der Waals surface area contributed by atoms with Crippen LogP contribution in [-0.4, -0.2) is 39.4 Å². The summed E-state index contributed by atoms with van der Waals surface area (Å²) in [6.07, 6.45) is 3.66. The number of ether oxygens (including phenoxy) is 1. The van der Waals surface area contributed by atoms with Crippen molar-refractivity contribution in [2.45, 2.75) is 23.0 Å². The smallest absolute Gasteiger partial charge is 0.338 e. The van der Waals surface area contributed by atoms with E-state index in [-0.39, 0.29) is 22.8 Å². The molecular formula is C16H18O3S2. The van der Waals surface area contributed by atoms with Crippen molar-refractivity contribution in [1.29, 1.82) is 0 Å². The summed E-state index contributed by atoms with van der Waals surface area (Å²) in [4.78, 5) is 12.1. The van der Waals surface area contributed by atoms with Gasteiger partial charge in [0.15, 0.2) is 0 Å². The van der Waals surface area contributed by atoms with Gasteiger partial charge in [-0.05, 0) is 41.7 Å². The Morgan fingerprint density at radius 3 is 2.67 bits per heavy atom. The van der Waals surface area contributed by atoms with Crippen LogP contribution in [0.4, 0.5) is 0 Å². The van der Waals surface area contributed by atoms with E-state index in [4.69, 9.17) is 4.74 Å². The van der Waals surface area contributed by atoms with Gasteiger partial charge in [-0.2, -0.15) is 0 Å². The van der Waals surface area contributed by atoms with Gasteiger partial charge >= 0.3 is 5.97 Å². The molecule has 1 aromatic rings. The fraction of sp³-hybridized carbons (Fsp3) is 0.438. The summed E-state index contributed by atoms with van der Waals surface area (Å²) in [6, 6.07) is 9.05. The van der Waals surface area contributed by atoms with E-state index in [9.17, 15) is 9.90 Å². The van der Waals surface area contributed by atoms with E-state index in [0.717, 1.165) is 23.5 Å². The fourth-order valence-electron chi connectivity index (χ4n) is 2.71. The first-order valence-electron chi connectivity index (χ1n) is 7.09. The highest BCUT2D eigenvalue weighted by molar-refractivity contribution is 8.19. The third kappa shape index (κ3) is 3.15. The van der Waals surface area contributed by atoms with Crippen molar-refractivity contribution in [3.05, 3.63) is 47.5 Å². The van der Waals surface area contributed by atoms with E-state index in [1.807, 2.05) is 47.8 Å². The highest BCUT2D eigenvalue weighted by Crippen LogP contribution is 2.53. The molecule has 112 valence electrons. The van der Waals surface area contributed by atoms with Gasteiger partial charge in [-0.3, -0.25) is 0 Å². The van der Waals surface area contributed by atoms with Crippen LogP contribution in [0.25, 0.3) is 0 Å². The van der Waals surface area contributed by atoms with E-state index < -0.39 is 0 Å². The number of carbonyl (C=O) groups excluding carboxylic acids is 1. The van der Waals surface area contributed by atoms with Crippen LogP contribution in [0.1, 0.15) is 23.2 Å². The molecule has 1 aliphatic heterocycles. The lowest BCUT2D eigenvalue weighted by Gasteiger charge is -2.34. The van der Waals surface area contributed by atoms with E-state index in [2.05, 4.69) is 0 Å². The summed E-state index contributed by atoms with van der Waals surface area (Å²) in [5, 5.41) is 9.62. The third-order valence-corrected chi connectivity index (χ3v) is 7.23. The second kappa shape index (κ2) is 6.46. The van der Waals surface area contributed by atoms with Gasteiger partial charge in [0, 0.05) is 6.42 Å². The standard InChI is InChI=1S/C16H18O3S2/c17-11-13-9-14(10-16(13)20-7-4-8-21-16)19-15(18)12-5-2-1-3-6-12/h1-3,5-6,9,14,17H,4,7-8,10-11H2/t14-/m0/s1. The summed E-state index contributed by atoms with van der Waals surface area (Å²) >= 11 is 3.75. The predicted molar refractivity (Wildman–Crippen MR) is 87.7 cm³/mol. The lowest BCUT2D eigenvalue weighted by molar-refractivity contribution is 0.0394. The minimum atomic E-state index is -0.294. The molecule has 1 N–H and O–H groups in total. The molecule has 2 aliphatic rings. The van der Waals surface area contributed by atoms with Crippen LogP contribution < -0.4 is 0 Å². The Balaban J connectivity index is 1.70. The number of hydrogen-bond donors (Lipinski definition) is 1. The molecule has 0 bridgehead atoms. The summed E-state index contributed by atoms with van der Waals surface area (Å²) in [7, 11) is 0. The molecule has 0 aromatic heterocycles. The number of carbonyl (C=O) groups is 1. The Hall–Kier alpha value is -0.910. The Bertz CT molecular complexity index is 536. The molecule has 3 rings (SSSR count). The van der Waals surface area contributed by atoms with Gasteiger partial charge in [0.25, 0.3) is 0 Å². The Kier molecular flexibility index (Phi) is 4.62. The topological polar surface area (TPSA) is 46.5 Å². The first-order valence-corrected chi connectivity index (χ1v) is 9.07. The maximum absolute atomic E-state index is 12.1. The molecule has 1 saturated heterocycles. The molecule has 0 saturated carbocycles. The van der Waals surface area contributed by atoms with Gasteiger partial charge in [-0.1, -0.05) is 18.2 Å². The van der Waals surface area contributed by atoms with E-state index in [1.165, 1.54) is 6.42 Å². The van der Waals surface area contributed by atoms with Crippen molar-refractivity contribution in [3.8, 4) is 0 Å². The van der Waals surface area contributed by atoms with Crippen molar-refractivity contribution in [2.24, 2.45) is 0 Å². The van der Waals surface area contributed by atoms with Crippen LogP contribution >= 0.6 is 23.5 Å². The van der Waals surface area contributed by atoms with Gasteiger partial charge < -0.3 is 9.84 Å². The molecule has 1 heterocycles. The van der Waals surface area contributed by atoms with Crippen LogP contribution in [0, 0.1) is 0 Å². The predicted octanol–water partition coefficient (Wildman–Crippen LogP) is 3.10. The van der Waals surface area contributed by atoms with Gasteiger partial charge in [0.2, 0.25) is 0 Å². The SMILES string of the molecule is O=C(O[C@H]1C=C(CO)C2(C1)SCCCS2)c1ccccc1. The minimum absolute atomic E-state index is 0.0411. The van der Waals surface area contributed by atoms with E-state index in [1.54, 1.807) is 12.1 Å². The summed E-state index contributed by atoms with van der Waals surface area (Å²) in [6.45, 7) is 0.0411. The van der Waals surface area contributed by atoms with Crippen molar-refractivity contribution in [3.63, 3.8) is 0 Å². The Morgan fingerprint density at radius 1 is 1.29 bits per heavy atom. The van der Waals surface area contributed by atoms with Gasteiger partial charge in [-0.25, -0.2) is 4.79 Å². The zero-order chi connectivity index (χ0) is 14.7. The molecule has 1 aliphatic carbocycles. The van der Waals surface area contributed by atoms with Gasteiger partial charge in [0.05, 0.1) is 16.2 Å². The summed E-state index contributed by atoms with van der Waals surface area (Å²) < 4.78 is 5.52. The molecule has 1 atom stereocenters. The molecule has 1 fully saturated rings. The van der Waals surface area contributed by atoms with E-state index in [0.29, 0.717) is 5.56 Å². The van der Waals surface area contributed by atoms with Gasteiger partial charge in [-0.15, -0.1) is 23.5 Å². The molecule has 21 heavy (non-hydrogen) atoms. The number of rotatable bonds is 3. The zero-order valence-electron chi connectivity index (χ0n) is 11.7. The second-order valence-electron chi connectivity index (χ2n) is 5.17. The molecule has 0 unspecified atom stereocenters. The largest absolute Gasteiger partial charge is 0.454 e. The van der Waals surface area contributed by atoms with Crippen LogP contribution in [-0.2, 0) is 4.74 Å². The van der Waals surface area contributed by atoms with Crippen LogP contribution in [0.3, 0.4) is 0 Å². The van der Waals surface area contributed by atoms with Crippen molar-refractivity contribution < 1.29 is 14.6 Å².